The number of nitrogens with zero attached hydrogens (tertiary/aromatic N) is 9. The van der Waals surface area contributed by atoms with E-state index in [9.17, 15) is 33.6 Å². The number of piperidine rings is 2. The maximum absolute atomic E-state index is 14.1. The number of fused-ring (bicyclic) bond motifs is 4. The van der Waals surface area contributed by atoms with Gasteiger partial charge in [0.1, 0.15) is 30.1 Å². The van der Waals surface area contributed by atoms with E-state index >= 15 is 0 Å². The summed E-state index contributed by atoms with van der Waals surface area (Å²) < 4.78 is 21.3. The van der Waals surface area contributed by atoms with Crippen LogP contribution < -0.4 is 24.8 Å². The first kappa shape index (κ1) is 51.5. The Morgan fingerprint density at radius 1 is 0.816 bits per heavy atom. The Balaban J connectivity index is 0.709. The minimum atomic E-state index is -5.00. The number of carbonyl (C=O) groups is 5. The van der Waals surface area contributed by atoms with Crippen molar-refractivity contribution in [3.63, 3.8) is 0 Å². The van der Waals surface area contributed by atoms with Crippen molar-refractivity contribution in [2.45, 2.75) is 95.9 Å². The van der Waals surface area contributed by atoms with E-state index in [0.29, 0.717) is 57.4 Å². The van der Waals surface area contributed by atoms with Crippen LogP contribution in [0.3, 0.4) is 0 Å². The third-order valence-corrected chi connectivity index (χ3v) is 17.5. The number of carbonyl (C=O) groups excluding carboxylic acids is 5. The number of imide groups is 2. The van der Waals surface area contributed by atoms with Gasteiger partial charge in [0.15, 0.2) is 0 Å². The molecule has 3 fully saturated rings. The summed E-state index contributed by atoms with van der Waals surface area (Å²) in [5.74, 6) is -1.65. The molecule has 76 heavy (non-hydrogen) atoms. The number of thiophene rings is 1. The minimum Gasteiger partial charge on any atom is -0.480 e. The van der Waals surface area contributed by atoms with Crippen LogP contribution in [0.15, 0.2) is 61.1 Å². The molecular formula is C53H59N10O11PS. The van der Waals surface area contributed by atoms with Gasteiger partial charge in [-0.3, -0.25) is 48.1 Å². The highest BCUT2D eigenvalue weighted by Crippen LogP contribution is 2.43. The number of methoxy groups -OCH3 is 1. The normalized spacial score (nSPS) is 21.0. The second kappa shape index (κ2) is 20.7. The van der Waals surface area contributed by atoms with Gasteiger partial charge in [0.05, 0.1) is 41.1 Å². The molecule has 6 aliphatic rings. The van der Waals surface area contributed by atoms with Gasteiger partial charge < -0.3 is 34.7 Å². The van der Waals surface area contributed by atoms with Crippen LogP contribution in [0.1, 0.15) is 110 Å². The van der Waals surface area contributed by atoms with Gasteiger partial charge in [0.2, 0.25) is 11.8 Å². The monoisotopic (exact) mass is 1070 g/mol. The predicted molar refractivity (Wildman–Crippen MR) is 282 cm³/mol. The number of likely N-dealkylation sites (tertiary alicyclic amines) is 1. The van der Waals surface area contributed by atoms with Crippen molar-refractivity contribution < 1.29 is 52.7 Å². The number of hydrogen-bond acceptors (Lipinski definition) is 17. The van der Waals surface area contributed by atoms with E-state index in [4.69, 9.17) is 24.5 Å². The molecule has 4 N–H and O–H groups in total. The maximum atomic E-state index is 14.1. The fourth-order valence-corrected chi connectivity index (χ4v) is 13.6. The average Bonchev–Trinajstić information content (AvgIpc) is 3.92. The molecule has 5 aromatic rings. The highest BCUT2D eigenvalue weighted by molar-refractivity contribution is 7.46. The van der Waals surface area contributed by atoms with Gasteiger partial charge in [-0.25, -0.2) is 19.5 Å². The van der Waals surface area contributed by atoms with E-state index in [1.165, 1.54) is 16.0 Å². The van der Waals surface area contributed by atoms with Crippen LogP contribution in [0.5, 0.6) is 5.88 Å². The molecule has 23 heteroatoms. The number of aromatic nitrogens is 3. The number of phosphoric acid groups is 1. The number of amides is 5. The Hall–Kier alpha value is -6.65. The van der Waals surface area contributed by atoms with Crippen LogP contribution in [0, 0.1) is 0 Å². The smallest absolute Gasteiger partial charge is 0.471 e. The van der Waals surface area contributed by atoms with E-state index in [1.54, 1.807) is 60.9 Å². The van der Waals surface area contributed by atoms with Crippen LogP contribution in [0.25, 0.3) is 11.1 Å². The number of anilines is 5. The maximum Gasteiger partial charge on any atom is 0.471 e. The number of rotatable bonds is 13. The van der Waals surface area contributed by atoms with Gasteiger partial charge in [-0.1, -0.05) is 0 Å². The lowest BCUT2D eigenvalue weighted by Gasteiger charge is -2.46. The van der Waals surface area contributed by atoms with E-state index in [-0.39, 0.29) is 35.9 Å². The molecular weight excluding hydrogens is 1020 g/mol. The number of aliphatic hydroxyl groups excluding tert-OH is 1. The van der Waals surface area contributed by atoms with E-state index in [0.717, 1.165) is 98.8 Å². The summed E-state index contributed by atoms with van der Waals surface area (Å²) in [6, 6.07) is 12.0. The van der Waals surface area contributed by atoms with Gasteiger partial charge in [-0.15, -0.1) is 11.3 Å². The number of aryl methyl sites for hydroxylation is 1. The lowest BCUT2D eigenvalue weighted by Crippen LogP contribution is -2.57. The first-order valence-corrected chi connectivity index (χ1v) is 28.1. The van der Waals surface area contributed by atoms with Crippen molar-refractivity contribution >= 4 is 77.4 Å². The molecule has 1 aliphatic carbocycles. The Labute approximate surface area is 442 Å². The first-order chi connectivity index (χ1) is 36.6. The third kappa shape index (κ3) is 9.64. The second-order valence-corrected chi connectivity index (χ2v) is 22.6. The van der Waals surface area contributed by atoms with Crippen LogP contribution in [0.4, 0.5) is 28.7 Å². The van der Waals surface area contributed by atoms with Gasteiger partial charge >= 0.3 is 7.82 Å². The highest BCUT2D eigenvalue weighted by Gasteiger charge is 2.48. The van der Waals surface area contributed by atoms with Crippen molar-refractivity contribution in [1.82, 2.24) is 29.7 Å². The van der Waals surface area contributed by atoms with Gasteiger partial charge in [0.25, 0.3) is 23.6 Å². The topological polar surface area (TPSA) is 252 Å². The number of hydrogen-bond donors (Lipinski definition) is 4. The molecule has 398 valence electrons. The molecule has 0 bridgehead atoms. The largest absolute Gasteiger partial charge is 0.480 e. The van der Waals surface area contributed by atoms with Gasteiger partial charge in [-0.2, -0.15) is 0 Å². The lowest BCUT2D eigenvalue weighted by atomic mass is 9.91. The summed E-state index contributed by atoms with van der Waals surface area (Å²) in [5, 5.41) is 14.7. The summed E-state index contributed by atoms with van der Waals surface area (Å²) in [7, 11) is -3.45. The number of aliphatic hydroxyl groups is 1. The molecule has 1 aromatic carbocycles. The van der Waals surface area contributed by atoms with Crippen molar-refractivity contribution in [2.24, 2.45) is 0 Å². The van der Waals surface area contributed by atoms with Crippen LogP contribution in [0.2, 0.25) is 0 Å². The zero-order chi connectivity index (χ0) is 53.2. The number of pyridine rings is 3. The molecule has 5 amide bonds. The molecule has 0 unspecified atom stereocenters. The Morgan fingerprint density at radius 3 is 2.33 bits per heavy atom. The van der Waals surface area contributed by atoms with E-state index in [2.05, 4.69) is 42.5 Å². The third-order valence-electron chi connectivity index (χ3n) is 15.7. The van der Waals surface area contributed by atoms with E-state index in [1.807, 2.05) is 24.4 Å². The minimum absolute atomic E-state index is 0.0647. The molecule has 5 aliphatic heterocycles. The molecule has 3 saturated heterocycles. The Bertz CT molecular complexity index is 3200. The van der Waals surface area contributed by atoms with Gasteiger partial charge in [0, 0.05) is 91.9 Å². The van der Waals surface area contributed by atoms with E-state index < -0.39 is 50.3 Å². The molecule has 4 aromatic heterocycles. The zero-order valence-corrected chi connectivity index (χ0v) is 44.1. The van der Waals surface area contributed by atoms with Crippen molar-refractivity contribution in [1.29, 1.82) is 0 Å². The standard InChI is InChI=1S/C53H59N10O11PS/c1-30-28-59(33-15-19-58(20-16-33)34-8-10-39-40(25-34)51(67)63(50(39)66)42-11-13-45(65)62(52(42)68)29-74-75(70,71)72)22-23-60(30)35-9-12-44(55-27-35)57-41-24-32(26-56-49(41)73-3)36-14-18-54-48(46(36)31(2)64)61-21-17-38-37-6-4-5-7-43(37)76-47(38)53(61)69/h8-10,12,14,18,24-27,30-31,33,42,64H,4-7,11,13,15-17,19-23,28-29H2,1-3H3,(H,55,57)(H2,70,71,72)/t30-,31+,42-/m0/s1. The van der Waals surface area contributed by atoms with Crippen LogP contribution in [-0.2, 0) is 37.9 Å². The quantitative estimate of drug-likeness (QED) is 0.0797. The lowest BCUT2D eigenvalue weighted by molar-refractivity contribution is -0.155. The number of phosphoric ester groups is 1. The first-order valence-electron chi connectivity index (χ1n) is 25.8. The Kier molecular flexibility index (Phi) is 14.0. The fourth-order valence-electron chi connectivity index (χ4n) is 11.9. The zero-order valence-electron chi connectivity index (χ0n) is 42.4. The van der Waals surface area contributed by atoms with Crippen LogP contribution in [-0.4, -0.2) is 145 Å². The molecule has 0 spiro atoms. The molecule has 3 atom stereocenters. The SMILES string of the molecule is COc1ncc(-c2ccnc(N3CCc4c(sc5c4CCCC5)C3=O)c2[C@@H](C)O)cc1Nc1ccc(N2CCN(C3CCN(c4ccc5c(c4)C(=O)N([C@H]4CCC(=O)N(COP(=O)(O)O)C4=O)C5=O)CC3)C[C@@H]2C)cn1. The van der Waals surface area contributed by atoms with Crippen molar-refractivity contribution in [3.8, 4) is 17.0 Å². The molecule has 9 heterocycles. The average molecular weight is 1080 g/mol. The number of ether oxygens (including phenoxy) is 1. The van der Waals surface area contributed by atoms with Crippen molar-refractivity contribution in [2.75, 3.05) is 73.1 Å². The molecule has 0 radical (unpaired) electrons. The summed E-state index contributed by atoms with van der Waals surface area (Å²) in [6.45, 7) is 7.37. The van der Waals surface area contributed by atoms with Crippen molar-refractivity contribution in [3.05, 3.63) is 98.6 Å². The molecule has 11 rings (SSSR count). The predicted octanol–water partition coefficient (Wildman–Crippen LogP) is 5.85. The summed E-state index contributed by atoms with van der Waals surface area (Å²) in [5.41, 5.74) is 7.19. The number of benzene rings is 1. The number of piperazine rings is 1. The summed E-state index contributed by atoms with van der Waals surface area (Å²) in [6.07, 6.45) is 10.9. The van der Waals surface area contributed by atoms with Gasteiger partial charge in [-0.05, 0) is 124 Å². The fraction of sp³-hybridized carbons (Fsp3) is 0.434. The molecule has 0 saturated carbocycles. The summed E-state index contributed by atoms with van der Waals surface area (Å²) >= 11 is 1.62. The highest BCUT2D eigenvalue weighted by atomic mass is 32.1. The Morgan fingerprint density at radius 2 is 1.59 bits per heavy atom. The second-order valence-electron chi connectivity index (χ2n) is 20.2. The molecule has 21 nitrogen and oxygen atoms in total. The summed E-state index contributed by atoms with van der Waals surface area (Å²) in [4.78, 5) is 112. The number of nitrogens with one attached hydrogen (secondary N) is 1. The van der Waals surface area contributed by atoms with Crippen LogP contribution >= 0.6 is 19.2 Å².